The van der Waals surface area contributed by atoms with Crippen molar-refractivity contribution in [3.63, 3.8) is 0 Å². The van der Waals surface area contributed by atoms with E-state index >= 15 is 0 Å². The molecule has 0 aromatic heterocycles. The van der Waals surface area contributed by atoms with Crippen LogP contribution in [0.5, 0.6) is 0 Å². The monoisotopic (exact) mass is 452 g/mol. The van der Waals surface area contributed by atoms with E-state index in [-0.39, 0.29) is 23.4 Å². The van der Waals surface area contributed by atoms with Crippen LogP contribution >= 0.6 is 11.8 Å². The van der Waals surface area contributed by atoms with Gasteiger partial charge < -0.3 is 10.6 Å². The molecule has 3 rings (SSSR count). The van der Waals surface area contributed by atoms with Crippen LogP contribution in [0.4, 0.5) is 18.9 Å². The van der Waals surface area contributed by atoms with Crippen molar-refractivity contribution in [2.75, 3.05) is 5.32 Å². The number of allylic oxidation sites excluding steroid dienone is 2. The zero-order valence-electron chi connectivity index (χ0n) is 17.3. The lowest BCUT2D eigenvalue weighted by Crippen LogP contribution is -2.28. The van der Waals surface area contributed by atoms with Crippen molar-refractivity contribution in [2.45, 2.75) is 51.5 Å². The SMILES string of the molecule is CC1=C/C(=N/N=C2\NC(=O)C(CC(=O)Nc3cccc(C(F)(F)F)c3)S2)CC(C)(C)C1. The number of rotatable bonds is 4. The number of hydrogen-bond acceptors (Lipinski definition) is 5. The topological polar surface area (TPSA) is 82.9 Å². The maximum Gasteiger partial charge on any atom is 0.416 e. The molecule has 1 atom stereocenters. The zero-order chi connectivity index (χ0) is 22.8. The van der Waals surface area contributed by atoms with Crippen LogP contribution in [-0.2, 0) is 15.8 Å². The van der Waals surface area contributed by atoms with E-state index in [1.807, 2.05) is 13.0 Å². The van der Waals surface area contributed by atoms with Gasteiger partial charge in [0.05, 0.1) is 11.3 Å². The molecular weight excluding hydrogens is 429 g/mol. The Morgan fingerprint density at radius 2 is 2.03 bits per heavy atom. The van der Waals surface area contributed by atoms with Crippen LogP contribution in [0, 0.1) is 5.41 Å². The van der Waals surface area contributed by atoms with Crippen molar-refractivity contribution in [1.29, 1.82) is 0 Å². The van der Waals surface area contributed by atoms with Crippen LogP contribution in [-0.4, -0.2) is 27.9 Å². The van der Waals surface area contributed by atoms with Crippen LogP contribution in [0.2, 0.25) is 0 Å². The van der Waals surface area contributed by atoms with Crippen molar-refractivity contribution in [1.82, 2.24) is 5.32 Å². The van der Waals surface area contributed by atoms with Gasteiger partial charge in [-0.25, -0.2) is 0 Å². The molecule has 2 N–H and O–H groups in total. The van der Waals surface area contributed by atoms with Crippen molar-refractivity contribution >= 4 is 40.1 Å². The first-order valence-corrected chi connectivity index (χ1v) is 10.6. The van der Waals surface area contributed by atoms with E-state index < -0.39 is 22.9 Å². The molecule has 166 valence electrons. The first kappa shape index (κ1) is 23.1. The van der Waals surface area contributed by atoms with Crippen molar-refractivity contribution < 1.29 is 22.8 Å². The summed E-state index contributed by atoms with van der Waals surface area (Å²) in [6.07, 6.45) is -0.971. The van der Waals surface area contributed by atoms with Gasteiger partial charge in [-0.05, 0) is 49.5 Å². The Labute approximate surface area is 182 Å². The normalized spacial score (nSPS) is 23.6. The van der Waals surface area contributed by atoms with E-state index in [1.165, 1.54) is 17.7 Å². The highest BCUT2D eigenvalue weighted by Crippen LogP contribution is 2.34. The van der Waals surface area contributed by atoms with Crippen LogP contribution in [0.1, 0.15) is 45.6 Å². The van der Waals surface area contributed by atoms with Gasteiger partial charge in [0.1, 0.15) is 5.25 Å². The third-order valence-corrected chi connectivity index (χ3v) is 5.79. The molecule has 2 aliphatic rings. The molecule has 0 spiro atoms. The molecule has 1 fully saturated rings. The number of benzene rings is 1. The lowest BCUT2D eigenvalue weighted by Gasteiger charge is -2.28. The maximum absolute atomic E-state index is 12.8. The third kappa shape index (κ3) is 6.43. The fourth-order valence-electron chi connectivity index (χ4n) is 3.61. The number of nitrogens with zero attached hydrogens (tertiary/aromatic N) is 2. The van der Waals surface area contributed by atoms with E-state index in [0.29, 0.717) is 5.17 Å². The highest BCUT2D eigenvalue weighted by atomic mass is 32.2. The Bertz CT molecular complexity index is 983. The number of carbonyl (C=O) groups excluding carboxylic acids is 2. The van der Waals surface area contributed by atoms with E-state index in [1.54, 1.807) is 0 Å². The van der Waals surface area contributed by atoms with E-state index in [0.717, 1.165) is 42.4 Å². The number of hydrogen-bond donors (Lipinski definition) is 2. The van der Waals surface area contributed by atoms with Crippen molar-refractivity contribution in [2.24, 2.45) is 15.6 Å². The highest BCUT2D eigenvalue weighted by molar-refractivity contribution is 8.15. The molecule has 31 heavy (non-hydrogen) atoms. The largest absolute Gasteiger partial charge is 0.416 e. The molecule has 6 nitrogen and oxygen atoms in total. The fourth-order valence-corrected chi connectivity index (χ4v) is 4.53. The summed E-state index contributed by atoms with van der Waals surface area (Å²) in [7, 11) is 0. The minimum absolute atomic E-state index is 0.0191. The summed E-state index contributed by atoms with van der Waals surface area (Å²) in [4.78, 5) is 24.4. The molecule has 1 aliphatic heterocycles. The Hall–Kier alpha value is -2.62. The summed E-state index contributed by atoms with van der Waals surface area (Å²) in [6.45, 7) is 6.34. The minimum atomic E-state index is -4.50. The van der Waals surface area contributed by atoms with Gasteiger partial charge in [-0.2, -0.15) is 18.3 Å². The van der Waals surface area contributed by atoms with Gasteiger partial charge in [0, 0.05) is 12.1 Å². The number of carbonyl (C=O) groups is 2. The molecule has 0 saturated carbocycles. The Balaban J connectivity index is 1.61. The van der Waals surface area contributed by atoms with Gasteiger partial charge in [-0.3, -0.25) is 9.59 Å². The smallest absolute Gasteiger partial charge is 0.326 e. The van der Waals surface area contributed by atoms with E-state index in [9.17, 15) is 22.8 Å². The second-order valence-electron chi connectivity index (χ2n) is 8.43. The standard InChI is InChI=1S/C21H23F3N4O2S/c1-12-7-15(11-20(2,3)10-12)27-28-19-26-18(30)16(31-19)9-17(29)25-14-6-4-5-13(8-14)21(22,23)24/h4-8,16H,9-11H2,1-3H3,(H,25,29)(H,26,28,30)/b27-15-. The molecule has 2 amide bonds. The lowest BCUT2D eigenvalue weighted by atomic mass is 9.77. The Kier molecular flexibility index (Phi) is 6.59. The fraction of sp³-hybridized carbons (Fsp3) is 0.429. The predicted molar refractivity (Wildman–Crippen MR) is 116 cm³/mol. The Morgan fingerprint density at radius 1 is 1.29 bits per heavy atom. The summed E-state index contributed by atoms with van der Waals surface area (Å²) in [5.74, 6) is -0.953. The number of amides is 2. The quantitative estimate of drug-likeness (QED) is 0.647. The lowest BCUT2D eigenvalue weighted by molar-refractivity contribution is -0.137. The van der Waals surface area contributed by atoms with Gasteiger partial charge in [0.15, 0.2) is 5.17 Å². The average molecular weight is 453 g/mol. The van der Waals surface area contributed by atoms with Crippen molar-refractivity contribution in [3.8, 4) is 0 Å². The Morgan fingerprint density at radius 3 is 2.71 bits per heavy atom. The average Bonchev–Trinajstić information content (AvgIpc) is 2.97. The van der Waals surface area contributed by atoms with E-state index in [2.05, 4.69) is 34.7 Å². The molecule has 1 aliphatic carbocycles. The summed E-state index contributed by atoms with van der Waals surface area (Å²) < 4.78 is 38.4. The number of thioether (sulfide) groups is 1. The second kappa shape index (κ2) is 8.86. The van der Waals surface area contributed by atoms with Gasteiger partial charge in [-0.15, -0.1) is 5.10 Å². The molecule has 10 heteroatoms. The summed E-state index contributed by atoms with van der Waals surface area (Å²) in [6, 6.07) is 4.34. The maximum atomic E-state index is 12.8. The van der Waals surface area contributed by atoms with Gasteiger partial charge in [0.2, 0.25) is 11.8 Å². The molecular formula is C21H23F3N4O2S. The van der Waals surface area contributed by atoms with E-state index in [4.69, 9.17) is 0 Å². The highest BCUT2D eigenvalue weighted by Gasteiger charge is 2.33. The number of nitrogens with one attached hydrogen (secondary N) is 2. The molecule has 1 aromatic carbocycles. The van der Waals surface area contributed by atoms with Crippen LogP contribution in [0.3, 0.4) is 0 Å². The number of anilines is 1. The zero-order valence-corrected chi connectivity index (χ0v) is 18.2. The second-order valence-corrected chi connectivity index (χ2v) is 9.62. The first-order valence-electron chi connectivity index (χ1n) is 9.68. The first-order chi connectivity index (χ1) is 14.4. The third-order valence-electron chi connectivity index (χ3n) is 4.72. The number of alkyl halides is 3. The molecule has 1 heterocycles. The molecule has 0 bridgehead atoms. The molecule has 0 radical (unpaired) electrons. The van der Waals surface area contributed by atoms with Crippen LogP contribution in [0.25, 0.3) is 0 Å². The van der Waals surface area contributed by atoms with Crippen LogP contribution < -0.4 is 10.6 Å². The summed E-state index contributed by atoms with van der Waals surface area (Å²) in [5, 5.41) is 12.9. The number of halogens is 3. The van der Waals surface area contributed by atoms with Crippen molar-refractivity contribution in [3.05, 3.63) is 41.5 Å². The molecule has 1 unspecified atom stereocenters. The minimum Gasteiger partial charge on any atom is -0.326 e. The summed E-state index contributed by atoms with van der Waals surface area (Å²) in [5.41, 5.74) is 1.28. The molecule has 1 aromatic rings. The predicted octanol–water partition coefficient (Wildman–Crippen LogP) is 4.74. The number of amidine groups is 1. The van der Waals surface area contributed by atoms with Gasteiger partial charge >= 0.3 is 6.18 Å². The van der Waals surface area contributed by atoms with Gasteiger partial charge in [-0.1, -0.05) is 37.2 Å². The van der Waals surface area contributed by atoms with Crippen LogP contribution in [0.15, 0.2) is 46.1 Å². The van der Waals surface area contributed by atoms with Gasteiger partial charge in [0.25, 0.3) is 0 Å². The molecule has 1 saturated heterocycles. The summed E-state index contributed by atoms with van der Waals surface area (Å²) >= 11 is 1.08.